The van der Waals surface area contributed by atoms with Crippen molar-refractivity contribution >= 4 is 17.7 Å². The van der Waals surface area contributed by atoms with Gasteiger partial charge in [-0.2, -0.15) is 5.26 Å². The molecule has 25 heavy (non-hydrogen) atoms. The molecule has 1 saturated heterocycles. The summed E-state index contributed by atoms with van der Waals surface area (Å²) in [6, 6.07) is 8.96. The van der Waals surface area contributed by atoms with Gasteiger partial charge < -0.3 is 15.0 Å². The van der Waals surface area contributed by atoms with Gasteiger partial charge in [0, 0.05) is 20.1 Å². The van der Waals surface area contributed by atoms with Crippen molar-refractivity contribution in [2.75, 3.05) is 32.0 Å². The van der Waals surface area contributed by atoms with Crippen molar-refractivity contribution in [1.82, 2.24) is 9.80 Å². The molecule has 1 aliphatic rings. The number of carbonyl (C=O) groups excluding carboxylic acids is 2. The Morgan fingerprint density at radius 2 is 2.00 bits per heavy atom. The van der Waals surface area contributed by atoms with Crippen LogP contribution in [-0.4, -0.2) is 60.1 Å². The van der Waals surface area contributed by atoms with E-state index < -0.39 is 5.60 Å². The van der Waals surface area contributed by atoms with E-state index in [2.05, 4.69) is 5.32 Å². The van der Waals surface area contributed by atoms with Gasteiger partial charge in [-0.05, 0) is 32.9 Å². The molecule has 0 bridgehead atoms. The molecule has 0 unspecified atom stereocenters. The zero-order valence-corrected chi connectivity index (χ0v) is 15.1. The number of hydrogen-bond donors (Lipinski definition) is 1. The van der Waals surface area contributed by atoms with Gasteiger partial charge in [0.2, 0.25) is 5.91 Å². The van der Waals surface area contributed by atoms with Crippen LogP contribution in [0.3, 0.4) is 0 Å². The van der Waals surface area contributed by atoms with Crippen LogP contribution >= 0.6 is 0 Å². The standard InChI is InChI=1S/C18H24N4O3/c1-18(2,3)25-17(24)21(4)14-10-22(11-14)12-16(23)20-15-8-6-5-7-13(15)9-19/h5-8,14H,10-12H2,1-4H3,(H,20,23). The van der Waals surface area contributed by atoms with Crippen molar-refractivity contribution in [3.05, 3.63) is 29.8 Å². The maximum Gasteiger partial charge on any atom is 0.410 e. The van der Waals surface area contributed by atoms with Crippen LogP contribution in [0.15, 0.2) is 24.3 Å². The smallest absolute Gasteiger partial charge is 0.410 e. The van der Waals surface area contributed by atoms with Crippen LogP contribution in [-0.2, 0) is 9.53 Å². The average molecular weight is 344 g/mol. The monoisotopic (exact) mass is 344 g/mol. The quantitative estimate of drug-likeness (QED) is 0.903. The summed E-state index contributed by atoms with van der Waals surface area (Å²) in [6.45, 7) is 6.93. The van der Waals surface area contributed by atoms with E-state index in [1.54, 1.807) is 36.2 Å². The number of nitriles is 1. The Morgan fingerprint density at radius 3 is 2.60 bits per heavy atom. The molecule has 7 heteroatoms. The van der Waals surface area contributed by atoms with Gasteiger partial charge in [-0.3, -0.25) is 9.69 Å². The molecule has 1 aliphatic heterocycles. The first-order valence-electron chi connectivity index (χ1n) is 8.17. The van der Waals surface area contributed by atoms with Gasteiger partial charge in [0.15, 0.2) is 0 Å². The summed E-state index contributed by atoms with van der Waals surface area (Å²) in [5.41, 5.74) is 0.419. The number of anilines is 1. The Hall–Kier alpha value is -2.59. The van der Waals surface area contributed by atoms with Crippen molar-refractivity contribution in [2.45, 2.75) is 32.4 Å². The van der Waals surface area contributed by atoms with Crippen LogP contribution in [0.4, 0.5) is 10.5 Å². The summed E-state index contributed by atoms with van der Waals surface area (Å²) in [6.07, 6.45) is -0.357. The number of carbonyl (C=O) groups is 2. The maximum atomic E-state index is 12.1. The summed E-state index contributed by atoms with van der Waals surface area (Å²) in [7, 11) is 1.71. The topological polar surface area (TPSA) is 85.7 Å². The molecule has 1 fully saturated rings. The van der Waals surface area contributed by atoms with Gasteiger partial charge in [0.1, 0.15) is 11.7 Å². The summed E-state index contributed by atoms with van der Waals surface area (Å²) >= 11 is 0. The van der Waals surface area contributed by atoms with E-state index in [1.165, 1.54) is 0 Å². The van der Waals surface area contributed by atoms with Crippen molar-refractivity contribution in [1.29, 1.82) is 5.26 Å². The van der Waals surface area contributed by atoms with Crippen molar-refractivity contribution in [2.24, 2.45) is 0 Å². The highest BCUT2D eigenvalue weighted by Crippen LogP contribution is 2.18. The van der Waals surface area contributed by atoms with Gasteiger partial charge in [-0.1, -0.05) is 12.1 Å². The zero-order chi connectivity index (χ0) is 18.6. The number of benzene rings is 1. The molecule has 0 spiro atoms. The summed E-state index contributed by atoms with van der Waals surface area (Å²) in [4.78, 5) is 27.6. The van der Waals surface area contributed by atoms with Crippen LogP contribution in [0.5, 0.6) is 0 Å². The average Bonchev–Trinajstić information content (AvgIpc) is 2.48. The highest BCUT2D eigenvalue weighted by atomic mass is 16.6. The second-order valence-electron chi connectivity index (χ2n) is 7.14. The number of likely N-dealkylation sites (N-methyl/N-ethyl adjacent to an activating group) is 1. The van der Waals surface area contributed by atoms with Gasteiger partial charge in [0.25, 0.3) is 0 Å². The van der Waals surface area contributed by atoms with Gasteiger partial charge >= 0.3 is 6.09 Å². The SMILES string of the molecule is CN(C(=O)OC(C)(C)C)C1CN(CC(=O)Nc2ccccc2C#N)C1. The number of amides is 2. The Balaban J connectivity index is 1.79. The molecule has 0 saturated carbocycles. The van der Waals surface area contributed by atoms with Crippen LogP contribution in [0.25, 0.3) is 0 Å². The number of nitrogens with zero attached hydrogens (tertiary/aromatic N) is 3. The third-order valence-electron chi connectivity index (χ3n) is 3.86. The largest absolute Gasteiger partial charge is 0.444 e. The second kappa shape index (κ2) is 7.53. The molecule has 0 atom stereocenters. The number of para-hydroxylation sites is 1. The van der Waals surface area contributed by atoms with E-state index in [1.807, 2.05) is 31.7 Å². The minimum absolute atomic E-state index is 0.0362. The van der Waals surface area contributed by atoms with Gasteiger partial charge in [-0.15, -0.1) is 0 Å². The molecule has 1 heterocycles. The Morgan fingerprint density at radius 1 is 1.36 bits per heavy atom. The number of rotatable bonds is 4. The minimum Gasteiger partial charge on any atom is -0.444 e. The highest BCUT2D eigenvalue weighted by Gasteiger charge is 2.35. The lowest BCUT2D eigenvalue weighted by atomic mass is 10.1. The molecule has 134 valence electrons. The fourth-order valence-electron chi connectivity index (χ4n) is 2.48. The summed E-state index contributed by atoms with van der Waals surface area (Å²) < 4.78 is 5.34. The lowest BCUT2D eigenvalue weighted by Gasteiger charge is -2.43. The fourth-order valence-corrected chi connectivity index (χ4v) is 2.48. The number of likely N-dealkylation sites (tertiary alicyclic amines) is 1. The summed E-state index contributed by atoms with van der Waals surface area (Å²) in [5, 5.41) is 11.8. The number of ether oxygens (including phenoxy) is 1. The summed E-state index contributed by atoms with van der Waals surface area (Å²) in [5.74, 6) is -0.180. The van der Waals surface area contributed by atoms with Gasteiger partial charge in [-0.25, -0.2) is 4.79 Å². The second-order valence-corrected chi connectivity index (χ2v) is 7.14. The van der Waals surface area contributed by atoms with E-state index in [9.17, 15) is 9.59 Å². The molecule has 7 nitrogen and oxygen atoms in total. The van der Waals surface area contributed by atoms with Crippen molar-refractivity contribution < 1.29 is 14.3 Å². The predicted octanol–water partition coefficient (Wildman–Crippen LogP) is 2.05. The van der Waals surface area contributed by atoms with Gasteiger partial charge in [0.05, 0.1) is 23.8 Å². The van der Waals surface area contributed by atoms with E-state index in [4.69, 9.17) is 10.00 Å². The van der Waals surface area contributed by atoms with E-state index in [0.29, 0.717) is 24.3 Å². The number of hydrogen-bond acceptors (Lipinski definition) is 5. The zero-order valence-electron chi connectivity index (χ0n) is 15.1. The number of nitrogens with one attached hydrogen (secondary N) is 1. The van der Waals surface area contributed by atoms with Crippen molar-refractivity contribution in [3.63, 3.8) is 0 Å². The molecule has 1 N–H and O–H groups in total. The maximum absolute atomic E-state index is 12.1. The predicted molar refractivity (Wildman–Crippen MR) is 94.0 cm³/mol. The normalized spacial score (nSPS) is 15.0. The lowest BCUT2D eigenvalue weighted by molar-refractivity contribution is -0.119. The fraction of sp³-hybridized carbons (Fsp3) is 0.500. The first kappa shape index (κ1) is 18.7. The van der Waals surface area contributed by atoms with E-state index in [0.717, 1.165) is 0 Å². The van der Waals surface area contributed by atoms with Crippen molar-refractivity contribution in [3.8, 4) is 6.07 Å². The molecule has 0 aliphatic carbocycles. The van der Waals surface area contributed by atoms with Crippen LogP contribution in [0.2, 0.25) is 0 Å². The first-order chi connectivity index (χ1) is 11.7. The molecule has 0 aromatic heterocycles. The Bertz CT molecular complexity index is 684. The molecule has 0 radical (unpaired) electrons. The molecular formula is C18H24N4O3. The Kier molecular flexibility index (Phi) is 5.65. The molecule has 2 rings (SSSR count). The van der Waals surface area contributed by atoms with Crippen LogP contribution in [0.1, 0.15) is 26.3 Å². The van der Waals surface area contributed by atoms with E-state index >= 15 is 0 Å². The molecule has 1 aromatic rings. The Labute approximate surface area is 148 Å². The van der Waals surface area contributed by atoms with E-state index in [-0.39, 0.29) is 24.6 Å². The third-order valence-corrected chi connectivity index (χ3v) is 3.86. The third kappa shape index (κ3) is 5.19. The first-order valence-corrected chi connectivity index (χ1v) is 8.17. The van der Waals surface area contributed by atoms with Crippen LogP contribution in [0, 0.1) is 11.3 Å². The molecule has 2 amide bonds. The minimum atomic E-state index is -0.525. The molecule has 1 aromatic carbocycles. The lowest BCUT2D eigenvalue weighted by Crippen LogP contribution is -2.61. The highest BCUT2D eigenvalue weighted by molar-refractivity contribution is 5.93. The molecular weight excluding hydrogens is 320 g/mol. The van der Waals surface area contributed by atoms with Crippen LogP contribution < -0.4 is 5.32 Å².